The number of nitrogens with one attached hydrogen (secondary N) is 3. The van der Waals surface area contributed by atoms with E-state index < -0.39 is 68.7 Å². The second-order valence-corrected chi connectivity index (χ2v) is 15.8. The van der Waals surface area contributed by atoms with E-state index in [-0.39, 0.29) is 23.0 Å². The fraction of sp³-hybridized carbons (Fsp3) is 0.514. The molecular weight excluding hydrogens is 661 g/mol. The van der Waals surface area contributed by atoms with Gasteiger partial charge in [-0.25, -0.2) is 13.1 Å². The van der Waals surface area contributed by atoms with Crippen molar-refractivity contribution in [3.05, 3.63) is 77.4 Å². The average molecular weight is 711 g/mol. The normalized spacial score (nSPS) is 14.9. The minimum Gasteiger partial charge on any atom is -0.406 e. The summed E-state index contributed by atoms with van der Waals surface area (Å²) in [7, 11) is -1.10. The van der Waals surface area contributed by atoms with E-state index >= 15 is 0 Å². The molecular formula is C35H49F3N4O6S. The van der Waals surface area contributed by atoms with Crippen LogP contribution in [0.3, 0.4) is 0 Å². The molecule has 10 nitrogen and oxygen atoms in total. The maximum absolute atomic E-state index is 14.1. The first-order chi connectivity index (χ1) is 22.4. The topological polar surface area (TPSA) is 134 Å². The Morgan fingerprint density at radius 3 is 2.04 bits per heavy atom. The van der Waals surface area contributed by atoms with Crippen molar-refractivity contribution in [3.8, 4) is 5.75 Å². The molecule has 0 heterocycles. The van der Waals surface area contributed by atoms with Crippen molar-refractivity contribution < 1.29 is 40.7 Å². The summed E-state index contributed by atoms with van der Waals surface area (Å²) in [6, 6.07) is 11.7. The van der Waals surface area contributed by atoms with Gasteiger partial charge in [0.25, 0.3) is 5.91 Å². The lowest BCUT2D eigenvalue weighted by Gasteiger charge is -2.40. The van der Waals surface area contributed by atoms with Gasteiger partial charge in [0, 0.05) is 18.0 Å². The van der Waals surface area contributed by atoms with Crippen molar-refractivity contribution in [2.24, 2.45) is 11.3 Å². The Kier molecular flexibility index (Phi) is 13.6. The van der Waals surface area contributed by atoms with Crippen LogP contribution in [0.25, 0.3) is 0 Å². The number of hydrogen-bond acceptors (Lipinski definition) is 7. The molecule has 0 radical (unpaired) electrons. The Labute approximate surface area is 287 Å². The molecule has 0 aliphatic rings. The Morgan fingerprint density at radius 1 is 0.939 bits per heavy atom. The Bertz CT molecular complexity index is 1600. The molecule has 0 spiro atoms. The Hall–Kier alpha value is -3.91. The van der Waals surface area contributed by atoms with Crippen molar-refractivity contribution in [3.63, 3.8) is 0 Å². The summed E-state index contributed by atoms with van der Waals surface area (Å²) in [5, 5.41) is 6.06. The van der Waals surface area contributed by atoms with Gasteiger partial charge in [0.15, 0.2) is 0 Å². The summed E-state index contributed by atoms with van der Waals surface area (Å²) in [5.41, 5.74) is -0.454. The zero-order valence-corrected chi connectivity index (χ0v) is 30.5. The molecule has 3 N–H and O–H groups in total. The van der Waals surface area contributed by atoms with Crippen LogP contribution in [0.1, 0.15) is 66.5 Å². The molecule has 0 saturated heterocycles. The number of nitrogens with zero attached hydrogens (tertiary/aromatic N) is 1. The van der Waals surface area contributed by atoms with E-state index in [0.717, 1.165) is 17.7 Å². The second kappa shape index (κ2) is 16.2. The number of amides is 3. The number of hydrogen-bond donors (Lipinski definition) is 3. The number of carbonyl (C=O) groups excluding carboxylic acids is 3. The first-order valence-corrected chi connectivity index (χ1v) is 17.4. The van der Waals surface area contributed by atoms with Gasteiger partial charge in [0.2, 0.25) is 21.8 Å². The highest BCUT2D eigenvalue weighted by Crippen LogP contribution is 2.29. The van der Waals surface area contributed by atoms with Gasteiger partial charge < -0.3 is 20.3 Å². The maximum Gasteiger partial charge on any atom is 0.573 e. The van der Waals surface area contributed by atoms with E-state index in [9.17, 15) is 36.0 Å². The van der Waals surface area contributed by atoms with Crippen molar-refractivity contribution >= 4 is 27.7 Å². The van der Waals surface area contributed by atoms with E-state index in [4.69, 9.17) is 0 Å². The summed E-state index contributed by atoms with van der Waals surface area (Å²) in [6.45, 7) is 14.4. The number of likely N-dealkylation sites (N-methyl/N-ethyl adjacent to an activating group) is 2. The molecule has 0 unspecified atom stereocenters. The summed E-state index contributed by atoms with van der Waals surface area (Å²) in [4.78, 5) is 42.3. The predicted molar refractivity (Wildman–Crippen MR) is 183 cm³/mol. The first kappa shape index (κ1) is 41.3. The Balaban J connectivity index is 2.28. The zero-order valence-electron chi connectivity index (χ0n) is 29.7. The minimum atomic E-state index is -4.96. The van der Waals surface area contributed by atoms with E-state index in [0.29, 0.717) is 0 Å². The van der Waals surface area contributed by atoms with Gasteiger partial charge in [-0.3, -0.25) is 14.4 Å². The SMILES string of the molecule is CN[C@H](C(=O)N[C@H](C(=O)N(C)[C@H](C=C(C)C(=O)NS(=O)(=O)Cc1cccc(OC(F)(F)F)c1)C(C)C)C(C)(C)C)C(C)(C)c1ccccc1. The highest BCUT2D eigenvalue weighted by atomic mass is 32.2. The molecule has 0 bridgehead atoms. The lowest BCUT2D eigenvalue weighted by atomic mass is 9.76. The molecule has 14 heteroatoms. The molecule has 0 saturated carbocycles. The summed E-state index contributed by atoms with van der Waals surface area (Å²) >= 11 is 0. The van der Waals surface area contributed by atoms with Crippen LogP contribution < -0.4 is 20.1 Å². The maximum atomic E-state index is 14.1. The monoisotopic (exact) mass is 710 g/mol. The fourth-order valence-electron chi connectivity index (χ4n) is 5.47. The third-order valence-corrected chi connectivity index (χ3v) is 9.39. The van der Waals surface area contributed by atoms with Crippen molar-refractivity contribution in [2.45, 2.75) is 91.0 Å². The molecule has 3 atom stereocenters. The van der Waals surface area contributed by atoms with Crippen LogP contribution in [0, 0.1) is 11.3 Å². The number of rotatable bonds is 14. The molecule has 0 fully saturated rings. The average Bonchev–Trinajstić information content (AvgIpc) is 2.96. The predicted octanol–water partition coefficient (Wildman–Crippen LogP) is 5.06. The van der Waals surface area contributed by atoms with Crippen LogP contribution >= 0.6 is 0 Å². The number of carbonyl (C=O) groups is 3. The van der Waals surface area contributed by atoms with Gasteiger partial charge in [-0.15, -0.1) is 13.2 Å². The van der Waals surface area contributed by atoms with Crippen LogP contribution in [-0.4, -0.2) is 69.6 Å². The smallest absolute Gasteiger partial charge is 0.406 e. The molecule has 49 heavy (non-hydrogen) atoms. The molecule has 0 aliphatic carbocycles. The molecule has 0 aliphatic heterocycles. The standard InChI is InChI=1S/C35H49F3N4O6S/c1-22(2)27(19-23(3)30(43)41-49(46,47)21-24-15-14-18-26(20-24)48-35(36,37)38)42(10)32(45)29(33(4,5)6)40-31(44)28(39-9)34(7,8)25-16-12-11-13-17-25/h11-20,22,27-29,39H,21H2,1-10H3,(H,40,44)(H,41,43)/t27-,28-,29-/m1/s1. The van der Waals surface area contributed by atoms with E-state index in [1.165, 1.54) is 30.0 Å². The van der Waals surface area contributed by atoms with Crippen molar-refractivity contribution in [1.29, 1.82) is 0 Å². The molecule has 272 valence electrons. The highest BCUT2D eigenvalue weighted by molar-refractivity contribution is 7.89. The van der Waals surface area contributed by atoms with E-state index in [1.807, 2.05) is 83.5 Å². The third-order valence-electron chi connectivity index (χ3n) is 8.18. The summed E-state index contributed by atoms with van der Waals surface area (Å²) < 4.78 is 69.1. The zero-order chi connectivity index (χ0) is 37.5. The van der Waals surface area contributed by atoms with Gasteiger partial charge in [0.05, 0.1) is 17.8 Å². The second-order valence-electron chi connectivity index (χ2n) is 14.0. The van der Waals surface area contributed by atoms with Gasteiger partial charge in [-0.2, -0.15) is 0 Å². The first-order valence-electron chi connectivity index (χ1n) is 15.8. The highest BCUT2D eigenvalue weighted by Gasteiger charge is 2.41. The van der Waals surface area contributed by atoms with Gasteiger partial charge in [-0.1, -0.05) is 97.0 Å². The Morgan fingerprint density at radius 2 is 1.53 bits per heavy atom. The van der Waals surface area contributed by atoms with Crippen LogP contribution in [0.4, 0.5) is 13.2 Å². The third kappa shape index (κ3) is 11.9. The quantitative estimate of drug-likeness (QED) is 0.234. The van der Waals surface area contributed by atoms with Gasteiger partial charge in [-0.05, 0) is 48.6 Å². The minimum absolute atomic E-state index is 0.00715. The lowest BCUT2D eigenvalue weighted by Crippen LogP contribution is -2.61. The van der Waals surface area contributed by atoms with Gasteiger partial charge in [0.1, 0.15) is 11.8 Å². The lowest BCUT2D eigenvalue weighted by molar-refractivity contribution is -0.274. The number of alkyl halides is 3. The summed E-state index contributed by atoms with van der Waals surface area (Å²) in [5.74, 6) is -3.36. The van der Waals surface area contributed by atoms with Crippen LogP contribution in [0.5, 0.6) is 5.75 Å². The van der Waals surface area contributed by atoms with E-state index in [2.05, 4.69) is 15.4 Å². The van der Waals surface area contributed by atoms with Crippen LogP contribution in [-0.2, 0) is 35.6 Å². The van der Waals surface area contributed by atoms with Crippen LogP contribution in [0.2, 0.25) is 0 Å². The number of sulfonamides is 1. The fourth-order valence-corrected chi connectivity index (χ4v) is 6.61. The molecule has 0 aromatic heterocycles. The molecule has 3 amide bonds. The number of ether oxygens (including phenoxy) is 1. The van der Waals surface area contributed by atoms with E-state index in [1.54, 1.807) is 14.1 Å². The number of halogens is 3. The van der Waals surface area contributed by atoms with Crippen LogP contribution in [0.15, 0.2) is 66.2 Å². The summed E-state index contributed by atoms with van der Waals surface area (Å²) in [6.07, 6.45) is -3.48. The van der Waals surface area contributed by atoms with Gasteiger partial charge >= 0.3 is 6.36 Å². The molecule has 2 aromatic carbocycles. The molecule has 2 rings (SSSR count). The molecule has 2 aromatic rings. The largest absolute Gasteiger partial charge is 0.573 e. The van der Waals surface area contributed by atoms with Crippen molar-refractivity contribution in [2.75, 3.05) is 14.1 Å². The van der Waals surface area contributed by atoms with Crippen molar-refractivity contribution in [1.82, 2.24) is 20.3 Å². The number of benzene rings is 2.